The second-order valence-corrected chi connectivity index (χ2v) is 14.4. The molecule has 1 N–H and O–H groups in total. The molecule has 0 radical (unpaired) electrons. The summed E-state index contributed by atoms with van der Waals surface area (Å²) in [4.78, 5) is 1.83. The normalized spacial score (nSPS) is 22.1. The molecular weight excluding hydrogens is 539 g/mol. The van der Waals surface area contributed by atoms with Gasteiger partial charge in [0.25, 0.3) is 10.0 Å². The van der Waals surface area contributed by atoms with Crippen LogP contribution in [0.1, 0.15) is 25.3 Å². The Morgan fingerprint density at radius 1 is 1.08 bits per heavy atom. The lowest BCUT2D eigenvalue weighted by Gasteiger charge is -2.43. The SMILES string of the molecule is CC(O)(c1ccc(N2CCN(S(=O)(=O)c3cccs3)CC2CN(C2CC2)S(C)(=O)=O)cc1)C(F)(F)F. The number of anilines is 1. The first-order valence-corrected chi connectivity index (χ1v) is 15.5. The molecule has 2 atom stereocenters. The van der Waals surface area contributed by atoms with Gasteiger partial charge in [-0.15, -0.1) is 11.3 Å². The number of sulfonamides is 2. The molecule has 2 fully saturated rings. The third kappa shape index (κ3) is 5.43. The lowest BCUT2D eigenvalue weighted by molar-refractivity contribution is -0.258. The van der Waals surface area contributed by atoms with Crippen molar-refractivity contribution in [1.29, 1.82) is 0 Å². The summed E-state index contributed by atoms with van der Waals surface area (Å²) in [7, 11) is -7.34. The molecule has 1 aliphatic heterocycles. The molecule has 14 heteroatoms. The van der Waals surface area contributed by atoms with Gasteiger partial charge in [-0.1, -0.05) is 18.2 Å². The highest BCUT2D eigenvalue weighted by Gasteiger charge is 2.51. The highest BCUT2D eigenvalue weighted by atomic mass is 32.2. The maximum atomic E-state index is 13.3. The highest BCUT2D eigenvalue weighted by Crippen LogP contribution is 2.39. The lowest BCUT2D eigenvalue weighted by Crippen LogP contribution is -2.59. The van der Waals surface area contributed by atoms with Crippen LogP contribution in [0, 0.1) is 0 Å². The molecule has 2 aromatic rings. The Morgan fingerprint density at radius 2 is 1.72 bits per heavy atom. The van der Waals surface area contributed by atoms with Crippen LogP contribution >= 0.6 is 11.3 Å². The molecule has 4 rings (SSSR count). The highest BCUT2D eigenvalue weighted by molar-refractivity contribution is 7.91. The predicted octanol–water partition coefficient (Wildman–Crippen LogP) is 2.82. The van der Waals surface area contributed by atoms with Crippen molar-refractivity contribution in [2.24, 2.45) is 0 Å². The van der Waals surface area contributed by atoms with Gasteiger partial charge >= 0.3 is 6.18 Å². The summed E-state index contributed by atoms with van der Waals surface area (Å²) < 4.78 is 94.0. The van der Waals surface area contributed by atoms with Crippen molar-refractivity contribution in [3.63, 3.8) is 0 Å². The Labute approximate surface area is 213 Å². The first-order valence-electron chi connectivity index (χ1n) is 11.3. The van der Waals surface area contributed by atoms with Crippen LogP contribution in [0.3, 0.4) is 0 Å². The fraction of sp³-hybridized carbons (Fsp3) is 0.545. The number of nitrogens with zero attached hydrogens (tertiary/aromatic N) is 3. The Kier molecular flexibility index (Phi) is 7.25. The molecule has 1 saturated heterocycles. The maximum Gasteiger partial charge on any atom is 0.421 e. The number of alkyl halides is 3. The number of benzene rings is 1. The van der Waals surface area contributed by atoms with Gasteiger partial charge in [-0.2, -0.15) is 21.8 Å². The molecule has 8 nitrogen and oxygen atoms in total. The average Bonchev–Trinajstić information content (AvgIpc) is 3.46. The molecule has 1 aliphatic carbocycles. The maximum absolute atomic E-state index is 13.3. The largest absolute Gasteiger partial charge is 0.421 e. The molecule has 36 heavy (non-hydrogen) atoms. The fourth-order valence-electron chi connectivity index (χ4n) is 4.35. The quantitative estimate of drug-likeness (QED) is 0.527. The summed E-state index contributed by atoms with van der Waals surface area (Å²) in [5.41, 5.74) is -2.85. The van der Waals surface area contributed by atoms with Gasteiger partial charge in [0.05, 0.1) is 12.3 Å². The predicted molar refractivity (Wildman–Crippen MR) is 131 cm³/mol. The number of halogens is 3. The number of aliphatic hydroxyl groups is 1. The summed E-state index contributed by atoms with van der Waals surface area (Å²) in [5, 5.41) is 11.6. The van der Waals surface area contributed by atoms with Crippen molar-refractivity contribution in [1.82, 2.24) is 8.61 Å². The van der Waals surface area contributed by atoms with E-state index in [0.29, 0.717) is 12.6 Å². The third-order valence-electron chi connectivity index (χ3n) is 6.62. The van der Waals surface area contributed by atoms with Gasteiger partial charge in [-0.25, -0.2) is 16.8 Å². The average molecular weight is 568 g/mol. The molecule has 0 spiro atoms. The first-order chi connectivity index (χ1) is 16.6. The molecule has 2 heterocycles. The molecular formula is C22H28F3N3O5S3. The van der Waals surface area contributed by atoms with E-state index in [1.54, 1.807) is 11.4 Å². The second kappa shape index (κ2) is 9.55. The van der Waals surface area contributed by atoms with Crippen LogP contribution in [-0.4, -0.2) is 81.2 Å². The van der Waals surface area contributed by atoms with Crippen LogP contribution in [0.2, 0.25) is 0 Å². The molecule has 200 valence electrons. The summed E-state index contributed by atoms with van der Waals surface area (Å²) in [6.07, 6.45) is -2.30. The van der Waals surface area contributed by atoms with Crippen LogP contribution in [0.15, 0.2) is 46.0 Å². The first kappa shape index (κ1) is 27.3. The summed E-state index contributed by atoms with van der Waals surface area (Å²) >= 11 is 1.10. The molecule has 1 saturated carbocycles. The van der Waals surface area contributed by atoms with E-state index in [9.17, 15) is 35.1 Å². The standard InChI is InChI=1S/C22H28F3N3O5S3/c1-21(29,22(23,24)25)16-5-7-17(8-6-16)27-12-11-26(36(32,33)20-4-3-13-34-20)14-19(27)15-28(18-9-10-18)35(2,30)31/h3-8,13,18-19,29H,9-12,14-15H2,1-2H3. The minimum Gasteiger partial charge on any atom is -0.376 e. The topological polar surface area (TPSA) is 98.2 Å². The van der Waals surface area contributed by atoms with Gasteiger partial charge in [0.1, 0.15) is 4.21 Å². The zero-order valence-corrected chi connectivity index (χ0v) is 22.2. The molecule has 2 unspecified atom stereocenters. The number of rotatable bonds is 8. The Bertz CT molecular complexity index is 1280. The van der Waals surface area contributed by atoms with E-state index < -0.39 is 37.9 Å². The fourth-order valence-corrected chi connectivity index (χ4v) is 8.15. The van der Waals surface area contributed by atoms with E-state index in [4.69, 9.17) is 0 Å². The molecule has 0 amide bonds. The number of thiophene rings is 1. The molecule has 0 bridgehead atoms. The van der Waals surface area contributed by atoms with Crippen molar-refractivity contribution in [2.75, 3.05) is 37.3 Å². The molecule has 1 aromatic carbocycles. The Morgan fingerprint density at radius 3 is 2.22 bits per heavy atom. The zero-order chi connectivity index (χ0) is 26.5. The lowest BCUT2D eigenvalue weighted by atomic mass is 9.95. The van der Waals surface area contributed by atoms with Crippen molar-refractivity contribution in [3.8, 4) is 0 Å². The van der Waals surface area contributed by atoms with E-state index >= 15 is 0 Å². The van der Waals surface area contributed by atoms with Crippen molar-refractivity contribution in [2.45, 2.75) is 47.8 Å². The van der Waals surface area contributed by atoms with E-state index in [2.05, 4.69) is 0 Å². The van der Waals surface area contributed by atoms with E-state index in [-0.39, 0.29) is 42.0 Å². The summed E-state index contributed by atoms with van der Waals surface area (Å²) in [5.74, 6) is 0. The van der Waals surface area contributed by atoms with Crippen LogP contribution < -0.4 is 4.90 Å². The Balaban J connectivity index is 1.65. The number of piperazine rings is 1. The number of hydrogen-bond donors (Lipinski definition) is 1. The minimum absolute atomic E-state index is 0.0149. The van der Waals surface area contributed by atoms with Gasteiger partial charge in [-0.05, 0) is 48.9 Å². The Hall–Kier alpha value is -1.71. The van der Waals surface area contributed by atoms with E-state index in [1.807, 2.05) is 4.90 Å². The molecule has 1 aromatic heterocycles. The van der Waals surface area contributed by atoms with Crippen LogP contribution in [0.25, 0.3) is 0 Å². The summed E-state index contributed by atoms with van der Waals surface area (Å²) in [6.45, 7) is 1.08. The van der Waals surface area contributed by atoms with Crippen molar-refractivity contribution >= 4 is 37.1 Å². The number of hydrogen-bond acceptors (Lipinski definition) is 7. The van der Waals surface area contributed by atoms with Crippen LogP contribution in [0.5, 0.6) is 0 Å². The molecule has 2 aliphatic rings. The van der Waals surface area contributed by atoms with Gasteiger partial charge in [-0.3, -0.25) is 0 Å². The van der Waals surface area contributed by atoms with Gasteiger partial charge < -0.3 is 10.0 Å². The summed E-state index contributed by atoms with van der Waals surface area (Å²) in [6, 6.07) is 7.68. The monoisotopic (exact) mass is 567 g/mol. The van der Waals surface area contributed by atoms with Crippen molar-refractivity contribution in [3.05, 3.63) is 47.3 Å². The zero-order valence-electron chi connectivity index (χ0n) is 19.7. The van der Waals surface area contributed by atoms with Gasteiger partial charge in [0.15, 0.2) is 5.60 Å². The van der Waals surface area contributed by atoms with Gasteiger partial charge in [0, 0.05) is 37.9 Å². The van der Waals surface area contributed by atoms with E-state index in [1.165, 1.54) is 38.9 Å². The second-order valence-electron chi connectivity index (χ2n) is 9.32. The third-order valence-corrected chi connectivity index (χ3v) is 11.2. The smallest absolute Gasteiger partial charge is 0.376 e. The van der Waals surface area contributed by atoms with Gasteiger partial charge in [0.2, 0.25) is 10.0 Å². The van der Waals surface area contributed by atoms with Crippen molar-refractivity contribution < 1.29 is 35.1 Å². The van der Waals surface area contributed by atoms with E-state index in [0.717, 1.165) is 30.4 Å². The van der Waals surface area contributed by atoms with Crippen LogP contribution in [-0.2, 0) is 25.6 Å². The van der Waals surface area contributed by atoms with Crippen LogP contribution in [0.4, 0.5) is 18.9 Å². The minimum atomic E-state index is -4.86.